The summed E-state index contributed by atoms with van der Waals surface area (Å²) in [4.78, 5) is 84.9. The van der Waals surface area contributed by atoms with E-state index in [1.165, 1.54) is 84.0 Å². The number of hydrogen-bond donors (Lipinski definition) is 9. The molecule has 16 rings (SSSR count). The first-order valence-corrected chi connectivity index (χ1v) is 34.9. The van der Waals surface area contributed by atoms with Crippen LogP contribution in [0, 0.1) is 40.7 Å². The van der Waals surface area contributed by atoms with Crippen LogP contribution in [-0.4, -0.2) is 176 Å². The fraction of sp³-hybridized carbons (Fsp3) is 0.278. The molecule has 1 unspecified atom stereocenters. The van der Waals surface area contributed by atoms with Crippen molar-refractivity contribution < 1.29 is 73.7 Å². The highest BCUT2D eigenvalue weighted by atomic mass is 35.5. The number of rotatable bonds is 20. The number of aromatic amines is 5. The Kier molecular flexibility index (Phi) is 24.0. The van der Waals surface area contributed by atoms with Crippen molar-refractivity contribution in [2.75, 3.05) is 52.6 Å². The molecule has 110 heavy (non-hydrogen) atoms. The quantitative estimate of drug-likeness (QED) is 0.0321. The van der Waals surface area contributed by atoms with Crippen LogP contribution in [0.15, 0.2) is 143 Å². The molecule has 5 aliphatic rings. The molecular weight excluding hydrogens is 1470 g/mol. The van der Waals surface area contributed by atoms with Gasteiger partial charge in [-0.2, -0.15) is 9.78 Å². The number of aromatic nitrogens is 14. The first-order chi connectivity index (χ1) is 53.3. The fourth-order valence-corrected chi connectivity index (χ4v) is 12.6. The average Bonchev–Trinajstić information content (AvgIpc) is 1.64. The third kappa shape index (κ3) is 17.5. The third-order valence-electron chi connectivity index (χ3n) is 17.9. The van der Waals surface area contributed by atoms with E-state index in [9.17, 15) is 59.5 Å². The first kappa shape index (κ1) is 75.9. The minimum atomic E-state index is -1.17. The fourth-order valence-electron chi connectivity index (χ4n) is 12.3. The molecule has 38 heteroatoms. The molecule has 4 aromatic carbocycles. The van der Waals surface area contributed by atoms with Crippen LogP contribution in [0.3, 0.4) is 0 Å². The third-order valence-corrected chi connectivity index (χ3v) is 18.3. The molecule has 4 saturated heterocycles. The van der Waals surface area contributed by atoms with E-state index in [1.54, 1.807) is 30.6 Å². The van der Waals surface area contributed by atoms with Crippen LogP contribution in [-0.2, 0) is 23.7 Å². The van der Waals surface area contributed by atoms with Gasteiger partial charge in [-0.25, -0.2) is 45.2 Å². The van der Waals surface area contributed by atoms with Crippen molar-refractivity contribution in [1.29, 1.82) is 0 Å². The molecule has 5 aliphatic heterocycles. The number of azo groups is 1. The molecule has 7 aromatic heterocycles. The highest BCUT2D eigenvalue weighted by molar-refractivity contribution is 6.37. The van der Waals surface area contributed by atoms with E-state index in [1.807, 2.05) is 0 Å². The van der Waals surface area contributed by atoms with Crippen molar-refractivity contribution in [3.63, 3.8) is 0 Å². The summed E-state index contributed by atoms with van der Waals surface area (Å²) in [6, 6.07) is 21.5. The Morgan fingerprint density at radius 3 is 1.40 bits per heavy atom. The van der Waals surface area contributed by atoms with E-state index in [4.69, 9.17) is 30.5 Å². The highest BCUT2D eigenvalue weighted by Gasteiger charge is 2.30. The number of nitrogens with one attached hydrogen (secondary N) is 9. The van der Waals surface area contributed by atoms with Crippen molar-refractivity contribution in [3.8, 4) is 51.2 Å². The Morgan fingerprint density at radius 2 is 0.909 bits per heavy atom. The molecule has 570 valence electrons. The van der Waals surface area contributed by atoms with Gasteiger partial charge in [0.15, 0.2) is 52.4 Å². The van der Waals surface area contributed by atoms with Crippen molar-refractivity contribution >= 4 is 52.4 Å². The summed E-state index contributed by atoms with van der Waals surface area (Å²) in [5.74, 6) is -8.25. The zero-order valence-corrected chi connectivity index (χ0v) is 58.5. The van der Waals surface area contributed by atoms with Gasteiger partial charge in [-0.1, -0.05) is 41.9 Å². The van der Waals surface area contributed by atoms with Crippen LogP contribution < -0.4 is 27.0 Å². The molecule has 5 amide bonds. The van der Waals surface area contributed by atoms with E-state index < -0.39 is 52.3 Å². The molecule has 0 saturated carbocycles. The summed E-state index contributed by atoms with van der Waals surface area (Å²) in [5, 5.41) is 43.4. The van der Waals surface area contributed by atoms with Gasteiger partial charge < -0.3 is 60.2 Å². The minimum absolute atomic E-state index is 0.00542. The standard InChI is InChI=1S/C19H16ClFN4O3.C18H17F2N5O3.C18H17F2N5O2.C17H16F2N6O2/c20-16-12(4-1-5-13(16)21)15-17(24-25-19(15)27)10-7-14(22-8-10)18(26)23-9-11-3-2-6-28-11;19-12-4-1-5-14(15(12)20)25-16(23-24-18(25)27)10-7-13(21-8-10)17(26)22-9-11-3-2-6-28-11;19-13-4-1-5-15(16(13)20)25-10-23-24-17(25)11-7-14(21-8-11)18(26)22-9-12-3-2-6-27-12;18-12-4-1-5-14(15(12)19)25-16(22-23-24-25)10-7-13(20-8-10)17(26)21-9-11-3-2-6-27-11/h1,4-5,7-8,11,22H,2-3,6,9H2,(H,23,26);1,4-5,7-8,11,21H,2-3,6,9H2,(H,22,26)(H,24,27);1,4-5,7-8,10,12,21H,2-3,6,9H2,(H,22,26);1,4-5,7-8,11,20H,2-3,6,9H2,(H,21,26)/t;11-;12-;11-/m.000/s1. The Labute approximate surface area is 622 Å². The van der Waals surface area contributed by atoms with Gasteiger partial charge in [0, 0.05) is 105 Å². The summed E-state index contributed by atoms with van der Waals surface area (Å²) >= 11 is 6.02. The summed E-state index contributed by atoms with van der Waals surface area (Å²) in [7, 11) is 0. The maximum absolute atomic E-state index is 14.2. The monoisotopic (exact) mass is 1540 g/mol. The van der Waals surface area contributed by atoms with Crippen LogP contribution in [0.1, 0.15) is 104 Å². The zero-order valence-electron chi connectivity index (χ0n) is 57.8. The Bertz CT molecular complexity index is 5130. The minimum Gasteiger partial charge on any atom is -0.376 e. The first-order valence-electron chi connectivity index (χ1n) is 34.5. The summed E-state index contributed by atoms with van der Waals surface area (Å²) in [5.41, 5.74) is 2.40. The number of amides is 5. The van der Waals surface area contributed by atoms with Crippen LogP contribution in [0.2, 0.25) is 5.02 Å². The van der Waals surface area contributed by atoms with Crippen molar-refractivity contribution in [2.45, 2.75) is 75.8 Å². The second-order valence-corrected chi connectivity index (χ2v) is 25.6. The number of carbonyl (C=O) groups is 5. The van der Waals surface area contributed by atoms with E-state index in [0.717, 1.165) is 85.4 Å². The number of halogens is 8. The predicted octanol–water partition coefficient (Wildman–Crippen LogP) is 9.61. The summed E-state index contributed by atoms with van der Waals surface area (Å²) in [6.45, 7) is 4.54. The van der Waals surface area contributed by atoms with Gasteiger partial charge in [-0.3, -0.25) is 28.5 Å². The second kappa shape index (κ2) is 34.7. The number of carbonyl (C=O) groups excluding carboxylic acids is 5. The number of hydrogen-bond acceptors (Lipinski definition) is 17. The van der Waals surface area contributed by atoms with Gasteiger partial charge >= 0.3 is 5.69 Å². The molecule has 12 heterocycles. The molecular formula is C72H66ClF7N20O10. The van der Waals surface area contributed by atoms with Gasteiger partial charge in [-0.05, 0) is 129 Å². The van der Waals surface area contributed by atoms with Crippen molar-refractivity contribution in [2.24, 2.45) is 10.2 Å². The summed E-state index contributed by atoms with van der Waals surface area (Å²) < 4.78 is 122. The lowest BCUT2D eigenvalue weighted by Crippen LogP contribution is -2.31. The Balaban J connectivity index is 0.000000129. The smallest absolute Gasteiger partial charge is 0.348 e. The van der Waals surface area contributed by atoms with E-state index in [2.05, 4.69) is 87.4 Å². The number of benzene rings is 4. The molecule has 11 aromatic rings. The molecule has 4 atom stereocenters. The number of H-pyrrole nitrogens is 5. The van der Waals surface area contributed by atoms with Crippen molar-refractivity contribution in [3.05, 3.63) is 218 Å². The number of nitrogens with zero attached hydrogens (tertiary/aromatic N) is 11. The lowest BCUT2D eigenvalue weighted by molar-refractivity contribution is -0.112. The normalized spacial score (nSPS) is 17.1. The van der Waals surface area contributed by atoms with Gasteiger partial charge in [0.25, 0.3) is 29.5 Å². The number of ether oxygens (including phenoxy) is 4. The Hall–Kier alpha value is -12.3. The predicted molar refractivity (Wildman–Crippen MR) is 378 cm³/mol. The van der Waals surface area contributed by atoms with Crippen LogP contribution in [0.5, 0.6) is 0 Å². The lowest BCUT2D eigenvalue weighted by Gasteiger charge is -2.09. The van der Waals surface area contributed by atoms with Crippen LogP contribution in [0.4, 0.5) is 30.7 Å². The molecule has 4 fully saturated rings. The van der Waals surface area contributed by atoms with E-state index >= 15 is 0 Å². The summed E-state index contributed by atoms with van der Waals surface area (Å²) in [6.07, 6.45) is 15.1. The van der Waals surface area contributed by atoms with Gasteiger partial charge in [0.1, 0.15) is 46.3 Å². The van der Waals surface area contributed by atoms with Crippen molar-refractivity contribution in [1.82, 2.24) is 90.9 Å². The van der Waals surface area contributed by atoms with Gasteiger partial charge in [0.05, 0.1) is 46.4 Å². The largest absolute Gasteiger partial charge is 0.376 e. The maximum atomic E-state index is 14.2. The van der Waals surface area contributed by atoms with Gasteiger partial charge in [0.2, 0.25) is 0 Å². The van der Waals surface area contributed by atoms with Crippen LogP contribution >= 0.6 is 11.6 Å². The number of tetrazole rings is 1. The molecule has 0 bridgehead atoms. The second-order valence-electron chi connectivity index (χ2n) is 25.3. The lowest BCUT2D eigenvalue weighted by atomic mass is 10.0. The van der Waals surface area contributed by atoms with Crippen LogP contribution in [0.25, 0.3) is 62.5 Å². The maximum Gasteiger partial charge on any atom is 0.348 e. The molecule has 0 spiro atoms. The Morgan fingerprint density at radius 1 is 0.491 bits per heavy atom. The zero-order chi connectivity index (χ0) is 77.0. The molecule has 9 N–H and O–H groups in total. The van der Waals surface area contributed by atoms with Gasteiger partial charge in [-0.15, -0.1) is 25.5 Å². The van der Waals surface area contributed by atoms with E-state index in [0.29, 0.717) is 85.3 Å². The molecule has 0 aliphatic carbocycles. The molecule has 0 radical (unpaired) electrons. The van der Waals surface area contributed by atoms with E-state index in [-0.39, 0.29) is 110 Å². The molecule has 30 nitrogen and oxygen atoms in total. The SMILES string of the molecule is O=C(NC[C@@H]1CCCO1)c1cc(-c2n[nH]c(=O)n2-c2cccc(F)c2F)c[nH]1.O=C(NC[C@@H]1CCCO1)c1cc(-c2nncn2-c2cccc(F)c2F)c[nH]1.O=C(NC[C@@H]1CCCO1)c1cc(-c2nnnn2-c2cccc(F)c2F)c[nH]1.O=C1N=NC(c2c[nH]c(C(=O)NCC3CCCO3)c2)=C1c1cccc(F)c1Cl. The average molecular weight is 1540 g/mol. The highest BCUT2D eigenvalue weighted by Crippen LogP contribution is 2.38. The topological polar surface area (TPSA) is 383 Å².